The van der Waals surface area contributed by atoms with Gasteiger partial charge in [-0.2, -0.15) is 10.1 Å². The van der Waals surface area contributed by atoms with Gasteiger partial charge in [-0.15, -0.1) is 0 Å². The van der Waals surface area contributed by atoms with Gasteiger partial charge in [0.15, 0.2) is 0 Å². The van der Waals surface area contributed by atoms with E-state index in [2.05, 4.69) is 15.4 Å². The topological polar surface area (TPSA) is 69.0 Å². The molecular weight excluding hydrogens is 335 g/mol. The van der Waals surface area contributed by atoms with E-state index in [9.17, 15) is 9.18 Å². The SMILES string of the molecule is COC(=O)C1=C(c2ccccc2)Nc2ncnn2[C@@H]1c1ccccc1F. The number of hydrogen-bond donors (Lipinski definition) is 1. The molecule has 0 fully saturated rings. The van der Waals surface area contributed by atoms with Gasteiger partial charge in [0, 0.05) is 5.56 Å². The molecule has 0 radical (unpaired) electrons. The van der Waals surface area contributed by atoms with Gasteiger partial charge in [0.2, 0.25) is 5.95 Å². The van der Waals surface area contributed by atoms with E-state index in [4.69, 9.17) is 4.74 Å². The lowest BCUT2D eigenvalue weighted by Gasteiger charge is -2.29. The molecule has 130 valence electrons. The van der Waals surface area contributed by atoms with Crippen LogP contribution >= 0.6 is 0 Å². The molecule has 0 saturated heterocycles. The summed E-state index contributed by atoms with van der Waals surface area (Å²) in [4.78, 5) is 16.9. The van der Waals surface area contributed by atoms with Crippen molar-refractivity contribution < 1.29 is 13.9 Å². The van der Waals surface area contributed by atoms with Crippen LogP contribution in [0.2, 0.25) is 0 Å². The smallest absolute Gasteiger partial charge is 0.338 e. The molecule has 0 bridgehead atoms. The van der Waals surface area contributed by atoms with E-state index >= 15 is 0 Å². The van der Waals surface area contributed by atoms with Gasteiger partial charge >= 0.3 is 5.97 Å². The Labute approximate surface area is 148 Å². The Bertz CT molecular complexity index is 998. The molecule has 1 atom stereocenters. The third-order valence-corrected chi connectivity index (χ3v) is 4.26. The number of nitrogens with one attached hydrogen (secondary N) is 1. The standard InChI is InChI=1S/C19H15FN4O2/c1-26-18(25)15-16(12-7-3-2-4-8-12)23-19-21-11-22-24(19)17(15)13-9-5-6-10-14(13)20/h2-11,17H,1H3,(H,21,22,23)/t17-/m1/s1. The zero-order valence-corrected chi connectivity index (χ0v) is 13.9. The first kappa shape index (κ1) is 16.0. The number of methoxy groups -OCH3 is 1. The van der Waals surface area contributed by atoms with Crippen LogP contribution in [0.15, 0.2) is 66.5 Å². The highest BCUT2D eigenvalue weighted by Crippen LogP contribution is 2.39. The first-order valence-corrected chi connectivity index (χ1v) is 7.99. The predicted octanol–water partition coefficient (Wildman–Crippen LogP) is 3.02. The van der Waals surface area contributed by atoms with Crippen molar-refractivity contribution in [3.05, 3.63) is 83.4 Å². The van der Waals surface area contributed by atoms with Gasteiger partial charge in [-0.3, -0.25) is 0 Å². The van der Waals surface area contributed by atoms with E-state index in [1.165, 1.54) is 24.2 Å². The molecule has 1 aliphatic rings. The lowest BCUT2D eigenvalue weighted by atomic mass is 9.92. The molecule has 2 heterocycles. The van der Waals surface area contributed by atoms with Crippen LogP contribution in [-0.4, -0.2) is 27.8 Å². The monoisotopic (exact) mass is 350 g/mol. The summed E-state index contributed by atoms with van der Waals surface area (Å²) in [5.74, 6) is -0.579. The maximum Gasteiger partial charge on any atom is 0.338 e. The first-order valence-electron chi connectivity index (χ1n) is 7.99. The summed E-state index contributed by atoms with van der Waals surface area (Å²) >= 11 is 0. The van der Waals surface area contributed by atoms with Crippen LogP contribution in [0.1, 0.15) is 17.2 Å². The Kier molecular flexibility index (Phi) is 3.96. The van der Waals surface area contributed by atoms with Crippen LogP contribution in [0.5, 0.6) is 0 Å². The first-order chi connectivity index (χ1) is 12.7. The number of rotatable bonds is 3. The van der Waals surface area contributed by atoms with Gasteiger partial charge in [0.25, 0.3) is 0 Å². The van der Waals surface area contributed by atoms with Crippen molar-refractivity contribution in [2.45, 2.75) is 6.04 Å². The quantitative estimate of drug-likeness (QED) is 0.736. The van der Waals surface area contributed by atoms with Crippen molar-refractivity contribution in [3.63, 3.8) is 0 Å². The molecule has 4 rings (SSSR count). The number of benzene rings is 2. The van der Waals surface area contributed by atoms with Gasteiger partial charge in [0.1, 0.15) is 18.2 Å². The van der Waals surface area contributed by atoms with Crippen LogP contribution in [0.3, 0.4) is 0 Å². The molecule has 0 saturated carbocycles. The van der Waals surface area contributed by atoms with Crippen LogP contribution in [0.25, 0.3) is 5.70 Å². The number of hydrogen-bond acceptors (Lipinski definition) is 5. The molecule has 3 aromatic rings. The van der Waals surface area contributed by atoms with E-state index in [1.807, 2.05) is 30.3 Å². The van der Waals surface area contributed by atoms with Crippen LogP contribution in [-0.2, 0) is 9.53 Å². The lowest BCUT2D eigenvalue weighted by Crippen LogP contribution is -2.30. The number of carbonyl (C=O) groups excluding carboxylic acids is 1. The van der Waals surface area contributed by atoms with Gasteiger partial charge in [-0.1, -0.05) is 48.5 Å². The van der Waals surface area contributed by atoms with Crippen molar-refractivity contribution in [2.24, 2.45) is 0 Å². The summed E-state index contributed by atoms with van der Waals surface area (Å²) < 4.78 is 21.1. The average molecular weight is 350 g/mol. The molecular formula is C19H15FN4O2. The predicted molar refractivity (Wildman–Crippen MR) is 93.6 cm³/mol. The van der Waals surface area contributed by atoms with Gasteiger partial charge in [0.05, 0.1) is 18.4 Å². The molecule has 0 amide bonds. The molecule has 7 heteroatoms. The van der Waals surface area contributed by atoms with Gasteiger partial charge in [-0.25, -0.2) is 13.9 Å². The number of aromatic nitrogens is 3. The number of nitrogens with zero attached hydrogens (tertiary/aromatic N) is 3. The summed E-state index contributed by atoms with van der Waals surface area (Å²) in [7, 11) is 1.30. The van der Waals surface area contributed by atoms with E-state index < -0.39 is 17.8 Å². The summed E-state index contributed by atoms with van der Waals surface area (Å²) in [5.41, 5.74) is 1.87. The molecule has 0 unspecified atom stereocenters. The zero-order chi connectivity index (χ0) is 18.1. The van der Waals surface area contributed by atoms with Crippen LogP contribution in [0.4, 0.5) is 10.3 Å². The minimum Gasteiger partial charge on any atom is -0.466 e. The third kappa shape index (κ3) is 2.54. The van der Waals surface area contributed by atoms with Crippen molar-refractivity contribution in [1.82, 2.24) is 14.8 Å². The number of halogens is 1. The molecule has 26 heavy (non-hydrogen) atoms. The molecule has 6 nitrogen and oxygen atoms in total. The second kappa shape index (κ2) is 6.44. The number of esters is 1. The Balaban J connectivity index is 2.01. The molecule has 1 N–H and O–H groups in total. The highest BCUT2D eigenvalue weighted by atomic mass is 19.1. The molecule has 1 aliphatic heterocycles. The van der Waals surface area contributed by atoms with Crippen LogP contribution in [0, 0.1) is 5.82 Å². The van der Waals surface area contributed by atoms with E-state index in [1.54, 1.807) is 18.2 Å². The summed E-state index contributed by atoms with van der Waals surface area (Å²) in [5, 5.41) is 7.31. The molecule has 1 aromatic heterocycles. The van der Waals surface area contributed by atoms with Gasteiger partial charge < -0.3 is 10.1 Å². The highest BCUT2D eigenvalue weighted by Gasteiger charge is 2.37. The van der Waals surface area contributed by atoms with Crippen molar-refractivity contribution >= 4 is 17.6 Å². The van der Waals surface area contributed by atoms with E-state index in [0.717, 1.165) is 5.56 Å². The summed E-state index contributed by atoms with van der Waals surface area (Å²) in [6, 6.07) is 14.8. The van der Waals surface area contributed by atoms with E-state index in [0.29, 0.717) is 17.2 Å². The van der Waals surface area contributed by atoms with Crippen molar-refractivity contribution in [2.75, 3.05) is 12.4 Å². The molecule has 0 spiro atoms. The lowest BCUT2D eigenvalue weighted by molar-refractivity contribution is -0.136. The maximum absolute atomic E-state index is 14.6. The number of fused-ring (bicyclic) bond motifs is 1. The Hall–Kier alpha value is -3.48. The van der Waals surface area contributed by atoms with Crippen molar-refractivity contribution in [3.8, 4) is 0 Å². The fraction of sp³-hybridized carbons (Fsp3) is 0.105. The second-order valence-electron chi connectivity index (χ2n) is 5.72. The fourth-order valence-electron chi connectivity index (χ4n) is 3.11. The third-order valence-electron chi connectivity index (χ3n) is 4.26. The Morgan fingerprint density at radius 2 is 1.88 bits per heavy atom. The minimum absolute atomic E-state index is 0.266. The highest BCUT2D eigenvalue weighted by molar-refractivity contribution is 6.02. The van der Waals surface area contributed by atoms with Crippen molar-refractivity contribution in [1.29, 1.82) is 0 Å². The summed E-state index contributed by atoms with van der Waals surface area (Å²) in [6.07, 6.45) is 1.36. The molecule has 2 aromatic carbocycles. The summed E-state index contributed by atoms with van der Waals surface area (Å²) in [6.45, 7) is 0. The second-order valence-corrected chi connectivity index (χ2v) is 5.72. The average Bonchev–Trinajstić information content (AvgIpc) is 3.15. The maximum atomic E-state index is 14.6. The fourth-order valence-corrected chi connectivity index (χ4v) is 3.11. The number of ether oxygens (including phenoxy) is 1. The van der Waals surface area contributed by atoms with Gasteiger partial charge in [-0.05, 0) is 11.6 Å². The largest absolute Gasteiger partial charge is 0.466 e. The Morgan fingerprint density at radius 1 is 1.15 bits per heavy atom. The zero-order valence-electron chi connectivity index (χ0n) is 13.9. The number of carbonyl (C=O) groups is 1. The normalized spacial score (nSPS) is 16.0. The Morgan fingerprint density at radius 3 is 2.62 bits per heavy atom. The minimum atomic E-state index is -0.794. The number of anilines is 1. The van der Waals surface area contributed by atoms with E-state index in [-0.39, 0.29) is 5.57 Å². The molecule has 0 aliphatic carbocycles. The van der Waals surface area contributed by atoms with Crippen LogP contribution < -0.4 is 5.32 Å².